The van der Waals surface area contributed by atoms with Gasteiger partial charge < -0.3 is 20.1 Å². The van der Waals surface area contributed by atoms with Crippen LogP contribution in [0.2, 0.25) is 0 Å². The quantitative estimate of drug-likeness (QED) is 0.598. The summed E-state index contributed by atoms with van der Waals surface area (Å²) < 4.78 is 13.4. The molecule has 2 N–H and O–H groups in total. The molecule has 1 aliphatic heterocycles. The highest BCUT2D eigenvalue weighted by atomic mass is 16.6. The molecular weight excluding hydrogens is 360 g/mol. The predicted molar refractivity (Wildman–Crippen MR) is 108 cm³/mol. The van der Waals surface area contributed by atoms with Crippen LogP contribution in [0.25, 0.3) is 0 Å². The largest absolute Gasteiger partial charge is 0.444 e. The van der Waals surface area contributed by atoms with Crippen molar-refractivity contribution in [1.82, 2.24) is 25.3 Å². The zero-order valence-electron chi connectivity index (χ0n) is 18.2. The van der Waals surface area contributed by atoms with Crippen molar-refractivity contribution >= 4 is 12.1 Å². The highest BCUT2D eigenvalue weighted by molar-refractivity contribution is 5.79. The second kappa shape index (κ2) is 8.38. The number of guanidine groups is 1. The van der Waals surface area contributed by atoms with Crippen LogP contribution in [0.3, 0.4) is 0 Å². The molecule has 0 spiro atoms. The molecule has 0 aromatic carbocycles. The van der Waals surface area contributed by atoms with E-state index >= 15 is 0 Å². The molecule has 2 rings (SSSR count). The lowest BCUT2D eigenvalue weighted by Gasteiger charge is -2.35. The van der Waals surface area contributed by atoms with Crippen molar-refractivity contribution in [2.75, 3.05) is 13.6 Å². The molecule has 9 heteroatoms. The van der Waals surface area contributed by atoms with Crippen LogP contribution >= 0.6 is 0 Å². The number of carbonyl (C=O) groups is 1. The molecule has 28 heavy (non-hydrogen) atoms. The molecule has 0 bridgehead atoms. The van der Waals surface area contributed by atoms with Gasteiger partial charge in [0.2, 0.25) is 0 Å². The number of nitrogens with zero attached hydrogens (tertiary/aromatic N) is 4. The number of hydrogen-bond donors (Lipinski definition) is 2. The number of rotatable bonds is 4. The molecule has 0 saturated carbocycles. The van der Waals surface area contributed by atoms with Crippen molar-refractivity contribution in [3.05, 3.63) is 18.0 Å². The average Bonchev–Trinajstić information content (AvgIpc) is 3.05. The van der Waals surface area contributed by atoms with Crippen molar-refractivity contribution in [1.29, 1.82) is 0 Å². The van der Waals surface area contributed by atoms with Crippen LogP contribution in [-0.4, -0.2) is 63.8 Å². The summed E-state index contributed by atoms with van der Waals surface area (Å²) >= 11 is 0. The van der Waals surface area contributed by atoms with Crippen LogP contribution in [-0.2, 0) is 23.1 Å². The second-order valence-electron chi connectivity index (χ2n) is 8.52. The fourth-order valence-electron chi connectivity index (χ4n) is 3.29. The molecule has 0 aliphatic carbocycles. The molecule has 2 heterocycles. The molecule has 2 atom stereocenters. The van der Waals surface area contributed by atoms with Gasteiger partial charge in [-0.1, -0.05) is 0 Å². The topological polar surface area (TPSA) is 93.0 Å². The number of aryl methyl sites for hydroxylation is 1. The first-order chi connectivity index (χ1) is 12.9. The van der Waals surface area contributed by atoms with Gasteiger partial charge in [0.15, 0.2) is 5.96 Å². The van der Waals surface area contributed by atoms with E-state index in [4.69, 9.17) is 9.47 Å². The third-order valence-corrected chi connectivity index (χ3v) is 4.44. The number of nitrogens with one attached hydrogen (secondary N) is 2. The van der Waals surface area contributed by atoms with Gasteiger partial charge in [0.05, 0.1) is 18.3 Å². The van der Waals surface area contributed by atoms with Gasteiger partial charge in [-0.15, -0.1) is 0 Å². The monoisotopic (exact) mass is 394 g/mol. The lowest BCUT2D eigenvalue weighted by atomic mass is 10.1. The van der Waals surface area contributed by atoms with Crippen LogP contribution in [0.15, 0.2) is 17.4 Å². The molecule has 1 saturated heterocycles. The van der Waals surface area contributed by atoms with E-state index in [1.165, 1.54) is 0 Å². The standard InChI is InChI=1S/C19H34N6O3/c1-13-15(25(19(5,6)27-13)17(26)28-18(2,3)4)11-22-16(20-7)21-9-14-10-23-24(8)12-14/h10,12-13,15H,9,11H2,1-8H3,(H2,20,21,22). The van der Waals surface area contributed by atoms with E-state index in [1.807, 2.05) is 54.8 Å². The van der Waals surface area contributed by atoms with Crippen molar-refractivity contribution in [2.45, 2.75) is 71.6 Å². The van der Waals surface area contributed by atoms with Gasteiger partial charge in [-0.2, -0.15) is 5.10 Å². The van der Waals surface area contributed by atoms with Crippen LogP contribution in [0, 0.1) is 0 Å². The Morgan fingerprint density at radius 1 is 1.39 bits per heavy atom. The van der Waals surface area contributed by atoms with Crippen molar-refractivity contribution in [2.24, 2.45) is 12.0 Å². The number of carbonyl (C=O) groups excluding carboxylic acids is 1. The maximum atomic E-state index is 12.8. The van der Waals surface area contributed by atoms with Gasteiger partial charge in [-0.25, -0.2) is 4.79 Å². The van der Waals surface area contributed by atoms with Crippen LogP contribution in [0.1, 0.15) is 47.1 Å². The Labute approximate surface area is 167 Å². The summed E-state index contributed by atoms with van der Waals surface area (Å²) in [5.41, 5.74) is -0.265. The van der Waals surface area contributed by atoms with E-state index in [0.29, 0.717) is 19.0 Å². The average molecular weight is 395 g/mol. The highest BCUT2D eigenvalue weighted by Crippen LogP contribution is 2.33. The van der Waals surface area contributed by atoms with Crippen molar-refractivity contribution in [3.63, 3.8) is 0 Å². The molecule has 2 unspecified atom stereocenters. The number of aliphatic imine (C=N–C) groups is 1. The first kappa shape index (κ1) is 22.0. The minimum absolute atomic E-state index is 0.147. The molecule has 1 fully saturated rings. The van der Waals surface area contributed by atoms with Crippen molar-refractivity contribution < 1.29 is 14.3 Å². The van der Waals surface area contributed by atoms with E-state index < -0.39 is 11.3 Å². The molecule has 1 aliphatic rings. The number of aromatic nitrogens is 2. The minimum Gasteiger partial charge on any atom is -0.444 e. The summed E-state index contributed by atoms with van der Waals surface area (Å²) in [6.07, 6.45) is 3.22. The SMILES string of the molecule is CN=C(NCc1cnn(C)c1)NCC1C(C)OC(C)(C)N1C(=O)OC(C)(C)C. The Hall–Kier alpha value is -2.29. The smallest absolute Gasteiger partial charge is 0.412 e. The normalized spacial score (nSPS) is 22.3. The lowest BCUT2D eigenvalue weighted by molar-refractivity contribution is -0.0755. The molecule has 0 radical (unpaired) electrons. The lowest BCUT2D eigenvalue weighted by Crippen LogP contribution is -2.54. The predicted octanol–water partition coefficient (Wildman–Crippen LogP) is 1.85. The summed E-state index contributed by atoms with van der Waals surface area (Å²) in [7, 11) is 3.59. The van der Waals surface area contributed by atoms with E-state index in [1.54, 1.807) is 22.8 Å². The maximum absolute atomic E-state index is 12.8. The third kappa shape index (κ3) is 5.60. The molecule has 1 aromatic rings. The summed E-state index contributed by atoms with van der Waals surface area (Å²) in [6, 6.07) is -0.193. The number of ether oxygens (including phenoxy) is 2. The van der Waals surface area contributed by atoms with E-state index in [9.17, 15) is 4.79 Å². The zero-order valence-corrected chi connectivity index (χ0v) is 18.2. The fourth-order valence-corrected chi connectivity index (χ4v) is 3.29. The Balaban J connectivity index is 2.01. The second-order valence-corrected chi connectivity index (χ2v) is 8.52. The Kier molecular flexibility index (Phi) is 6.59. The molecule has 158 valence electrons. The Morgan fingerprint density at radius 2 is 2.07 bits per heavy atom. The fraction of sp³-hybridized carbons (Fsp3) is 0.737. The Bertz CT molecular complexity index is 707. The van der Waals surface area contributed by atoms with Crippen LogP contribution in [0.4, 0.5) is 4.79 Å². The van der Waals surface area contributed by atoms with Crippen molar-refractivity contribution in [3.8, 4) is 0 Å². The maximum Gasteiger partial charge on any atom is 0.412 e. The van der Waals surface area contributed by atoms with Gasteiger partial charge in [-0.3, -0.25) is 14.6 Å². The van der Waals surface area contributed by atoms with Crippen LogP contribution < -0.4 is 10.6 Å². The molecule has 1 amide bonds. The van der Waals surface area contributed by atoms with E-state index in [-0.39, 0.29) is 18.2 Å². The molecule has 9 nitrogen and oxygen atoms in total. The van der Waals surface area contributed by atoms with Gasteiger partial charge >= 0.3 is 6.09 Å². The number of hydrogen-bond acceptors (Lipinski definition) is 5. The summed E-state index contributed by atoms with van der Waals surface area (Å²) in [4.78, 5) is 18.7. The van der Waals surface area contributed by atoms with Gasteiger partial charge in [0.25, 0.3) is 0 Å². The van der Waals surface area contributed by atoms with E-state index in [2.05, 4.69) is 20.7 Å². The zero-order chi connectivity index (χ0) is 21.1. The third-order valence-electron chi connectivity index (χ3n) is 4.44. The number of amides is 1. The van der Waals surface area contributed by atoms with Crippen LogP contribution in [0.5, 0.6) is 0 Å². The van der Waals surface area contributed by atoms with Gasteiger partial charge in [0, 0.05) is 38.9 Å². The first-order valence-corrected chi connectivity index (χ1v) is 9.55. The molecule has 1 aromatic heterocycles. The molecular formula is C19H34N6O3. The highest BCUT2D eigenvalue weighted by Gasteiger charge is 2.49. The minimum atomic E-state index is -0.749. The Morgan fingerprint density at radius 3 is 2.61 bits per heavy atom. The van der Waals surface area contributed by atoms with E-state index in [0.717, 1.165) is 5.56 Å². The summed E-state index contributed by atoms with van der Waals surface area (Å²) in [5.74, 6) is 0.643. The summed E-state index contributed by atoms with van der Waals surface area (Å²) in [6.45, 7) is 12.4. The van der Waals surface area contributed by atoms with Gasteiger partial charge in [-0.05, 0) is 41.5 Å². The van der Waals surface area contributed by atoms with Gasteiger partial charge in [0.1, 0.15) is 11.3 Å². The summed E-state index contributed by atoms with van der Waals surface area (Å²) in [5, 5.41) is 10.7. The first-order valence-electron chi connectivity index (χ1n) is 9.55.